The smallest absolute Gasteiger partial charge is 0.302 e. The van der Waals surface area contributed by atoms with E-state index in [0.717, 1.165) is 24.3 Å². The number of halogens is 3. The van der Waals surface area contributed by atoms with Gasteiger partial charge in [0.15, 0.2) is 0 Å². The molecule has 1 aromatic heterocycles. The minimum atomic E-state index is -3.26. The van der Waals surface area contributed by atoms with E-state index in [1.165, 1.54) is 11.1 Å². The normalized spacial score (nSPS) is 25.8. The van der Waals surface area contributed by atoms with E-state index in [1.54, 1.807) is 0 Å². The van der Waals surface area contributed by atoms with Crippen LogP contribution in [0.15, 0.2) is 23.1 Å². The zero-order chi connectivity index (χ0) is 22.3. The number of benzene rings is 1. The van der Waals surface area contributed by atoms with Crippen LogP contribution in [-0.4, -0.2) is 50.3 Å². The average Bonchev–Trinajstić information content (AvgIpc) is 3.17. The van der Waals surface area contributed by atoms with Crippen molar-refractivity contribution in [2.75, 3.05) is 35.7 Å². The van der Waals surface area contributed by atoms with Crippen molar-refractivity contribution < 1.29 is 18.1 Å². The Morgan fingerprint density at radius 3 is 2.62 bits per heavy atom. The summed E-state index contributed by atoms with van der Waals surface area (Å²) in [4.78, 5) is 10.7. The molecule has 0 radical (unpaired) electrons. The Bertz CT molecular complexity index is 1150. The second-order valence-electron chi connectivity index (χ2n) is 9.78. The fraction of sp³-hybridized carbons (Fsp3) is 0.545. The van der Waals surface area contributed by atoms with E-state index in [4.69, 9.17) is 11.6 Å². The van der Waals surface area contributed by atoms with Crippen molar-refractivity contribution in [3.63, 3.8) is 0 Å². The molecule has 32 heavy (non-hydrogen) atoms. The van der Waals surface area contributed by atoms with Crippen LogP contribution < -0.4 is 10.2 Å². The first-order chi connectivity index (χ1) is 15.2. The highest BCUT2D eigenvalue weighted by molar-refractivity contribution is 7.85. The van der Waals surface area contributed by atoms with Crippen molar-refractivity contribution in [2.24, 2.45) is 5.41 Å². The number of nitrogens with one attached hydrogen (secondary N) is 1. The summed E-state index contributed by atoms with van der Waals surface area (Å²) in [5, 5.41) is 13.7. The monoisotopic (exact) mass is 480 g/mol. The van der Waals surface area contributed by atoms with Crippen molar-refractivity contribution in [1.29, 1.82) is 0 Å². The average molecular weight is 481 g/mol. The molecule has 4 aliphatic rings. The highest BCUT2D eigenvalue weighted by atomic mass is 35.5. The van der Waals surface area contributed by atoms with Gasteiger partial charge in [-0.2, -0.15) is 13.8 Å². The van der Waals surface area contributed by atoms with Crippen LogP contribution in [0.3, 0.4) is 0 Å². The number of aromatic nitrogens is 2. The molecule has 2 aliphatic heterocycles. The van der Waals surface area contributed by atoms with Crippen molar-refractivity contribution in [3.05, 3.63) is 40.0 Å². The number of hydrogen-bond acceptors (Lipinski definition) is 6. The van der Waals surface area contributed by atoms with Crippen LogP contribution in [0.4, 0.5) is 20.5 Å². The number of alkyl halides is 2. The fourth-order valence-electron chi connectivity index (χ4n) is 5.54. The third-order valence-electron chi connectivity index (χ3n) is 7.37. The van der Waals surface area contributed by atoms with E-state index in [0.29, 0.717) is 25.9 Å². The number of anilines is 2. The standard InChI is InChI=1S/C22H23ClF2N4O2S/c23-15-3-2-13-7-20(8-14(13)6-15)9-29(10-20)19-26-17-16(32(31)12-22(17,24)25)18(27-19)28-21(11-30)4-1-5-21/h2-3,6,30H,1,4-5,7-12H2,(H,26,27,28)/t32-/m0/s1. The quantitative estimate of drug-likeness (QED) is 0.699. The van der Waals surface area contributed by atoms with E-state index in [1.807, 2.05) is 17.0 Å². The van der Waals surface area contributed by atoms with Crippen molar-refractivity contribution in [1.82, 2.24) is 9.97 Å². The molecule has 1 saturated heterocycles. The van der Waals surface area contributed by atoms with Gasteiger partial charge >= 0.3 is 5.92 Å². The number of rotatable bonds is 4. The molecule has 2 aromatic rings. The first-order valence-corrected chi connectivity index (χ1v) is 12.5. The molecule has 1 atom stereocenters. The van der Waals surface area contributed by atoms with Crippen LogP contribution in [0.2, 0.25) is 5.02 Å². The van der Waals surface area contributed by atoms with Gasteiger partial charge in [-0.25, -0.2) is 4.98 Å². The van der Waals surface area contributed by atoms with Crippen molar-refractivity contribution in [2.45, 2.75) is 48.5 Å². The van der Waals surface area contributed by atoms with E-state index >= 15 is 0 Å². The van der Waals surface area contributed by atoms with Gasteiger partial charge < -0.3 is 15.3 Å². The second-order valence-corrected chi connectivity index (χ2v) is 11.6. The van der Waals surface area contributed by atoms with Crippen LogP contribution >= 0.6 is 11.6 Å². The molecule has 0 bridgehead atoms. The first-order valence-electron chi connectivity index (χ1n) is 10.8. The number of fused-ring (bicyclic) bond motifs is 2. The molecule has 10 heteroatoms. The second kappa shape index (κ2) is 6.84. The number of aliphatic hydroxyl groups excluding tert-OH is 1. The summed E-state index contributed by atoms with van der Waals surface area (Å²) in [7, 11) is -1.89. The van der Waals surface area contributed by atoms with Crippen LogP contribution in [0.5, 0.6) is 0 Å². The summed E-state index contributed by atoms with van der Waals surface area (Å²) in [6.07, 6.45) is 4.18. The van der Waals surface area contributed by atoms with E-state index in [-0.39, 0.29) is 28.7 Å². The zero-order valence-electron chi connectivity index (χ0n) is 17.3. The maximum Gasteiger partial charge on any atom is 0.302 e. The lowest BCUT2D eigenvalue weighted by Gasteiger charge is -2.48. The number of nitrogens with zero attached hydrogens (tertiary/aromatic N) is 3. The van der Waals surface area contributed by atoms with Crippen LogP contribution in [-0.2, 0) is 29.6 Å². The summed E-state index contributed by atoms with van der Waals surface area (Å²) in [6.45, 7) is 1.20. The molecule has 3 heterocycles. The minimum Gasteiger partial charge on any atom is -0.394 e. The van der Waals surface area contributed by atoms with Crippen LogP contribution in [0.25, 0.3) is 0 Å². The predicted molar refractivity (Wildman–Crippen MR) is 118 cm³/mol. The summed E-state index contributed by atoms with van der Waals surface area (Å²) >= 11 is 6.14. The summed E-state index contributed by atoms with van der Waals surface area (Å²) in [5.41, 5.74) is 1.52. The zero-order valence-corrected chi connectivity index (χ0v) is 18.9. The lowest BCUT2D eigenvalue weighted by Crippen LogP contribution is -2.58. The molecule has 2 aliphatic carbocycles. The summed E-state index contributed by atoms with van der Waals surface area (Å²) in [5.74, 6) is -3.63. The lowest BCUT2D eigenvalue weighted by molar-refractivity contribution is 0.0190. The summed E-state index contributed by atoms with van der Waals surface area (Å²) < 4.78 is 41.9. The highest BCUT2D eigenvalue weighted by Gasteiger charge is 2.52. The topological polar surface area (TPSA) is 78.4 Å². The van der Waals surface area contributed by atoms with Gasteiger partial charge in [0, 0.05) is 23.5 Å². The molecule has 0 unspecified atom stereocenters. The molecule has 6 nitrogen and oxygen atoms in total. The molecule has 1 spiro atoms. The molecule has 0 amide bonds. The molecule has 6 rings (SSSR count). The van der Waals surface area contributed by atoms with Gasteiger partial charge in [0.2, 0.25) is 5.95 Å². The Balaban J connectivity index is 1.31. The van der Waals surface area contributed by atoms with Gasteiger partial charge in [-0.05, 0) is 55.4 Å². The van der Waals surface area contributed by atoms with Gasteiger partial charge in [0.25, 0.3) is 0 Å². The van der Waals surface area contributed by atoms with E-state index < -0.39 is 33.7 Å². The molecular formula is C22H23ClF2N4O2S. The fourth-order valence-corrected chi connectivity index (χ4v) is 7.07. The molecule has 1 saturated carbocycles. The molecule has 1 aromatic carbocycles. The van der Waals surface area contributed by atoms with Gasteiger partial charge in [-0.15, -0.1) is 0 Å². The third kappa shape index (κ3) is 3.08. The van der Waals surface area contributed by atoms with Gasteiger partial charge in [0.05, 0.1) is 28.7 Å². The van der Waals surface area contributed by atoms with Crippen LogP contribution in [0.1, 0.15) is 36.1 Å². The van der Waals surface area contributed by atoms with Gasteiger partial charge in [0.1, 0.15) is 16.4 Å². The van der Waals surface area contributed by atoms with Gasteiger partial charge in [-0.3, -0.25) is 4.21 Å². The number of hydrogen-bond donors (Lipinski definition) is 2. The largest absolute Gasteiger partial charge is 0.394 e. The molecule has 2 fully saturated rings. The lowest BCUT2D eigenvalue weighted by atomic mass is 9.77. The maximum absolute atomic E-state index is 14.7. The Hall–Kier alpha value is -1.84. The molecule has 170 valence electrons. The number of aliphatic hydroxyl groups is 1. The predicted octanol–water partition coefficient (Wildman–Crippen LogP) is 3.28. The van der Waals surface area contributed by atoms with Crippen LogP contribution in [0, 0.1) is 5.41 Å². The molecule has 2 N–H and O–H groups in total. The minimum absolute atomic E-state index is 0.0170. The first kappa shape index (κ1) is 20.7. The summed E-state index contributed by atoms with van der Waals surface area (Å²) in [6, 6.07) is 5.97. The van der Waals surface area contributed by atoms with Crippen molar-refractivity contribution >= 4 is 34.2 Å². The van der Waals surface area contributed by atoms with Gasteiger partial charge in [-0.1, -0.05) is 17.7 Å². The Morgan fingerprint density at radius 2 is 1.94 bits per heavy atom. The third-order valence-corrected chi connectivity index (χ3v) is 9.07. The highest BCUT2D eigenvalue weighted by Crippen LogP contribution is 2.48. The van der Waals surface area contributed by atoms with Crippen molar-refractivity contribution in [3.8, 4) is 0 Å². The van der Waals surface area contributed by atoms with E-state index in [2.05, 4.69) is 21.4 Å². The maximum atomic E-state index is 14.7. The Morgan fingerprint density at radius 1 is 1.19 bits per heavy atom. The van der Waals surface area contributed by atoms with E-state index in [9.17, 15) is 18.1 Å². The SMILES string of the molecule is O=[S@]1CC(F)(F)c2nc(N3CC4(Cc5ccc(Cl)cc5C4)C3)nc(NC3(CO)CCC3)c21. The Labute approximate surface area is 191 Å². The Kier molecular flexibility index (Phi) is 4.43. The molecular weight excluding hydrogens is 458 g/mol.